The van der Waals surface area contributed by atoms with Crippen molar-refractivity contribution in [3.8, 4) is 5.75 Å². The van der Waals surface area contributed by atoms with Crippen LogP contribution in [0.4, 0.5) is 8.78 Å². The SMILES string of the molecule is Cl.N[C@H](CCO)c1ccc(F)c(F)c1O. The Balaban J connectivity index is 0.00000196. The van der Waals surface area contributed by atoms with Gasteiger partial charge in [-0.05, 0) is 12.5 Å². The Morgan fingerprint density at radius 2 is 1.93 bits per heavy atom. The summed E-state index contributed by atoms with van der Waals surface area (Å²) in [6.07, 6.45) is 0.179. The van der Waals surface area contributed by atoms with Gasteiger partial charge in [0, 0.05) is 18.2 Å². The monoisotopic (exact) mass is 239 g/mol. The highest BCUT2D eigenvalue weighted by Crippen LogP contribution is 2.28. The number of aliphatic hydroxyl groups is 1. The lowest BCUT2D eigenvalue weighted by Gasteiger charge is -2.12. The van der Waals surface area contributed by atoms with E-state index in [-0.39, 0.29) is 31.0 Å². The van der Waals surface area contributed by atoms with Crippen LogP contribution in [0, 0.1) is 11.6 Å². The van der Waals surface area contributed by atoms with Crippen LogP contribution in [0.3, 0.4) is 0 Å². The van der Waals surface area contributed by atoms with Gasteiger partial charge in [0.2, 0.25) is 5.82 Å². The van der Waals surface area contributed by atoms with Crippen LogP contribution in [0.25, 0.3) is 0 Å². The Morgan fingerprint density at radius 1 is 1.33 bits per heavy atom. The number of hydrogen-bond acceptors (Lipinski definition) is 3. The van der Waals surface area contributed by atoms with Crippen molar-refractivity contribution in [2.75, 3.05) is 6.61 Å². The number of aliphatic hydroxyl groups excluding tert-OH is 1. The molecule has 0 aromatic heterocycles. The highest BCUT2D eigenvalue weighted by molar-refractivity contribution is 5.85. The van der Waals surface area contributed by atoms with Gasteiger partial charge in [-0.25, -0.2) is 4.39 Å². The Bertz CT molecular complexity index is 336. The van der Waals surface area contributed by atoms with E-state index in [9.17, 15) is 13.9 Å². The summed E-state index contributed by atoms with van der Waals surface area (Å²) in [5.41, 5.74) is 5.61. The van der Waals surface area contributed by atoms with Gasteiger partial charge in [-0.2, -0.15) is 4.39 Å². The molecule has 0 radical (unpaired) electrons. The number of hydrogen-bond donors (Lipinski definition) is 3. The fourth-order valence-electron chi connectivity index (χ4n) is 1.15. The molecule has 1 aromatic carbocycles. The Kier molecular flexibility index (Phi) is 5.49. The van der Waals surface area contributed by atoms with Gasteiger partial charge in [0.05, 0.1) is 0 Å². The Hall–Kier alpha value is -0.910. The largest absolute Gasteiger partial charge is 0.505 e. The zero-order valence-corrected chi connectivity index (χ0v) is 8.60. The minimum Gasteiger partial charge on any atom is -0.505 e. The fraction of sp³-hybridized carbons (Fsp3) is 0.333. The first kappa shape index (κ1) is 14.1. The molecular formula is C9H12ClF2NO2. The lowest BCUT2D eigenvalue weighted by atomic mass is 10.0. The van der Waals surface area contributed by atoms with Crippen molar-refractivity contribution in [3.63, 3.8) is 0 Å². The smallest absolute Gasteiger partial charge is 0.200 e. The quantitative estimate of drug-likeness (QED) is 0.748. The van der Waals surface area contributed by atoms with Gasteiger partial charge in [0.15, 0.2) is 11.6 Å². The summed E-state index contributed by atoms with van der Waals surface area (Å²) in [5.74, 6) is -3.22. The molecule has 1 aromatic rings. The van der Waals surface area contributed by atoms with Crippen LogP contribution in [0.1, 0.15) is 18.0 Å². The molecule has 1 rings (SSSR count). The molecule has 0 unspecified atom stereocenters. The molecule has 0 aliphatic rings. The van der Waals surface area contributed by atoms with Crippen LogP contribution in [0.5, 0.6) is 5.75 Å². The van der Waals surface area contributed by atoms with Gasteiger partial charge in [0.25, 0.3) is 0 Å². The van der Waals surface area contributed by atoms with Gasteiger partial charge in [0.1, 0.15) is 0 Å². The molecule has 0 spiro atoms. The van der Waals surface area contributed by atoms with Crippen molar-refractivity contribution in [2.45, 2.75) is 12.5 Å². The molecule has 0 saturated carbocycles. The van der Waals surface area contributed by atoms with E-state index < -0.39 is 23.4 Å². The van der Waals surface area contributed by atoms with Gasteiger partial charge in [-0.15, -0.1) is 12.4 Å². The van der Waals surface area contributed by atoms with Crippen LogP contribution < -0.4 is 5.73 Å². The molecule has 0 saturated heterocycles. The topological polar surface area (TPSA) is 66.5 Å². The van der Waals surface area contributed by atoms with Crippen molar-refractivity contribution in [1.82, 2.24) is 0 Å². The fourth-order valence-corrected chi connectivity index (χ4v) is 1.15. The van der Waals surface area contributed by atoms with E-state index in [4.69, 9.17) is 10.8 Å². The lowest BCUT2D eigenvalue weighted by molar-refractivity contribution is 0.274. The zero-order chi connectivity index (χ0) is 10.7. The third-order valence-corrected chi connectivity index (χ3v) is 1.94. The van der Waals surface area contributed by atoms with Gasteiger partial charge < -0.3 is 15.9 Å². The molecule has 0 aliphatic carbocycles. The second-order valence-electron chi connectivity index (χ2n) is 2.92. The standard InChI is InChI=1S/C9H11F2NO2.ClH/c10-6-2-1-5(7(12)3-4-13)9(14)8(6)11;/h1-2,7,13-14H,3-4,12H2;1H/t7-;/m1./s1. The van der Waals surface area contributed by atoms with Crippen LogP contribution >= 0.6 is 12.4 Å². The van der Waals surface area contributed by atoms with E-state index in [1.165, 1.54) is 6.07 Å². The first-order valence-corrected chi connectivity index (χ1v) is 4.11. The summed E-state index contributed by atoms with van der Waals surface area (Å²) in [5, 5.41) is 17.8. The number of phenolic OH excluding ortho intramolecular Hbond substituents is 1. The Morgan fingerprint density at radius 3 is 2.47 bits per heavy atom. The van der Waals surface area contributed by atoms with Crippen LogP contribution in [0.15, 0.2) is 12.1 Å². The number of rotatable bonds is 3. The maximum absolute atomic E-state index is 12.8. The highest BCUT2D eigenvalue weighted by atomic mass is 35.5. The average molecular weight is 240 g/mol. The molecule has 0 fully saturated rings. The molecular weight excluding hydrogens is 228 g/mol. The van der Waals surface area contributed by atoms with Crippen LogP contribution in [-0.2, 0) is 0 Å². The Labute approximate surface area is 91.9 Å². The maximum atomic E-state index is 12.8. The predicted molar refractivity (Wildman–Crippen MR) is 53.9 cm³/mol. The summed E-state index contributed by atoms with van der Waals surface area (Å²) >= 11 is 0. The van der Waals surface area contributed by atoms with Crippen molar-refractivity contribution in [2.24, 2.45) is 5.73 Å². The molecule has 4 N–H and O–H groups in total. The molecule has 6 heteroatoms. The van der Waals surface area contributed by atoms with Gasteiger partial charge >= 0.3 is 0 Å². The third-order valence-electron chi connectivity index (χ3n) is 1.94. The molecule has 86 valence electrons. The number of nitrogens with two attached hydrogens (primary N) is 1. The second kappa shape index (κ2) is 5.85. The van der Waals surface area contributed by atoms with E-state index in [2.05, 4.69) is 0 Å². The van der Waals surface area contributed by atoms with Crippen LogP contribution in [0.2, 0.25) is 0 Å². The van der Waals surface area contributed by atoms with Crippen LogP contribution in [-0.4, -0.2) is 16.8 Å². The number of phenols is 1. The summed E-state index contributed by atoms with van der Waals surface area (Å²) in [6, 6.07) is 1.39. The molecule has 0 aliphatic heterocycles. The van der Waals surface area contributed by atoms with E-state index in [1.54, 1.807) is 0 Å². The number of halogens is 3. The van der Waals surface area contributed by atoms with E-state index in [1.807, 2.05) is 0 Å². The van der Waals surface area contributed by atoms with Gasteiger partial charge in [-0.1, -0.05) is 6.07 Å². The van der Waals surface area contributed by atoms with E-state index in [0.717, 1.165) is 6.07 Å². The summed E-state index contributed by atoms with van der Waals surface area (Å²) in [7, 11) is 0. The maximum Gasteiger partial charge on any atom is 0.200 e. The summed E-state index contributed by atoms with van der Waals surface area (Å²) in [4.78, 5) is 0. The minimum absolute atomic E-state index is 0. The average Bonchev–Trinajstić information content (AvgIpc) is 2.15. The predicted octanol–water partition coefficient (Wildman–Crippen LogP) is 1.47. The zero-order valence-electron chi connectivity index (χ0n) is 7.78. The van der Waals surface area contributed by atoms with Crippen molar-refractivity contribution < 1.29 is 19.0 Å². The van der Waals surface area contributed by atoms with Crippen molar-refractivity contribution in [1.29, 1.82) is 0 Å². The molecule has 15 heavy (non-hydrogen) atoms. The van der Waals surface area contributed by atoms with Gasteiger partial charge in [-0.3, -0.25) is 0 Å². The summed E-state index contributed by atoms with van der Waals surface area (Å²) in [6.45, 7) is -0.181. The normalized spacial score (nSPS) is 12.0. The minimum atomic E-state index is -1.31. The summed E-state index contributed by atoms with van der Waals surface area (Å²) < 4.78 is 25.4. The number of benzene rings is 1. The second-order valence-corrected chi connectivity index (χ2v) is 2.92. The molecule has 0 bridgehead atoms. The lowest BCUT2D eigenvalue weighted by Crippen LogP contribution is -2.12. The molecule has 0 heterocycles. The van der Waals surface area contributed by atoms with Crippen molar-refractivity contribution in [3.05, 3.63) is 29.3 Å². The first-order valence-electron chi connectivity index (χ1n) is 4.11. The molecule has 1 atom stereocenters. The molecule has 3 nitrogen and oxygen atoms in total. The van der Waals surface area contributed by atoms with Crippen molar-refractivity contribution >= 4 is 12.4 Å². The third kappa shape index (κ3) is 3.02. The first-order chi connectivity index (χ1) is 6.57. The van der Waals surface area contributed by atoms with E-state index >= 15 is 0 Å². The van der Waals surface area contributed by atoms with E-state index in [0.29, 0.717) is 0 Å². The molecule has 0 amide bonds. The number of aromatic hydroxyl groups is 1. The highest BCUT2D eigenvalue weighted by Gasteiger charge is 2.16.